The number of carbonyl (C=O) groups is 3. The molecule has 3 atom stereocenters. The van der Waals surface area contributed by atoms with E-state index in [1.807, 2.05) is 54.4 Å². The number of aliphatic hydroxyl groups is 1. The first-order valence-electron chi connectivity index (χ1n) is 14.3. The largest absolute Gasteiger partial charge is 0.380 e. The van der Waals surface area contributed by atoms with Crippen molar-refractivity contribution in [2.24, 2.45) is 5.92 Å². The Hall–Kier alpha value is -4.91. The van der Waals surface area contributed by atoms with Crippen LogP contribution in [0.15, 0.2) is 121 Å². The van der Waals surface area contributed by atoms with Crippen LogP contribution < -0.4 is 4.90 Å². The molecule has 1 fully saturated rings. The monoisotopic (exact) mass is 600 g/mol. The number of pyridine rings is 1. The zero-order valence-electron chi connectivity index (χ0n) is 23.9. The maximum atomic E-state index is 13.7. The number of Topliss-reactive ketones (excluding diaryl/α,β-unsaturated/α-hetero) is 2. The minimum absolute atomic E-state index is 0.0232. The normalized spacial score (nSPS) is 16.2. The number of rotatable bonds is 10. The van der Waals surface area contributed by atoms with Gasteiger partial charge in [-0.3, -0.25) is 19.4 Å². The van der Waals surface area contributed by atoms with Crippen LogP contribution in [0.1, 0.15) is 66.3 Å². The summed E-state index contributed by atoms with van der Waals surface area (Å²) >= 11 is 6.01. The smallest absolute Gasteiger partial charge is 0.211 e. The van der Waals surface area contributed by atoms with Crippen molar-refractivity contribution in [1.29, 1.82) is 0 Å². The summed E-state index contributed by atoms with van der Waals surface area (Å²) in [5.74, 6) is -1.42. The van der Waals surface area contributed by atoms with Crippen LogP contribution in [-0.2, 0) is 0 Å². The highest BCUT2D eigenvalue weighted by atomic mass is 35.5. The van der Waals surface area contributed by atoms with Crippen molar-refractivity contribution in [2.75, 3.05) is 11.9 Å². The fourth-order valence-electron chi connectivity index (χ4n) is 5.47. The van der Waals surface area contributed by atoms with E-state index < -0.39 is 17.7 Å². The molecule has 0 saturated heterocycles. The van der Waals surface area contributed by atoms with Gasteiger partial charge in [0, 0.05) is 40.4 Å². The molecule has 4 aromatic carbocycles. The molecule has 6 nitrogen and oxygen atoms in total. The third kappa shape index (κ3) is 5.95. The summed E-state index contributed by atoms with van der Waals surface area (Å²) < 4.78 is 0. The van der Waals surface area contributed by atoms with Gasteiger partial charge >= 0.3 is 0 Å². The van der Waals surface area contributed by atoms with Gasteiger partial charge in [-0.05, 0) is 72.0 Å². The molecule has 6 rings (SSSR count). The lowest BCUT2D eigenvalue weighted by molar-refractivity contribution is 0.0742. The second-order valence-electron chi connectivity index (χ2n) is 10.9. The zero-order valence-corrected chi connectivity index (χ0v) is 24.7. The van der Waals surface area contributed by atoms with Crippen molar-refractivity contribution in [1.82, 2.24) is 4.98 Å². The molecule has 0 spiro atoms. The Morgan fingerprint density at radius 2 is 1.48 bits per heavy atom. The van der Waals surface area contributed by atoms with Gasteiger partial charge in [0.25, 0.3) is 0 Å². The molecule has 1 saturated carbocycles. The first-order valence-corrected chi connectivity index (χ1v) is 14.7. The van der Waals surface area contributed by atoms with Crippen molar-refractivity contribution in [2.45, 2.75) is 18.4 Å². The van der Waals surface area contributed by atoms with Gasteiger partial charge in [0.15, 0.2) is 11.6 Å². The topological polar surface area (TPSA) is 87.6 Å². The number of halogens is 1. The van der Waals surface area contributed by atoms with Crippen LogP contribution >= 0.6 is 11.6 Å². The second kappa shape index (κ2) is 12.4. The molecule has 0 amide bonds. The van der Waals surface area contributed by atoms with Crippen molar-refractivity contribution >= 4 is 40.3 Å². The van der Waals surface area contributed by atoms with Gasteiger partial charge in [0.05, 0.1) is 11.9 Å². The van der Waals surface area contributed by atoms with Crippen LogP contribution in [0.2, 0.25) is 5.02 Å². The summed E-state index contributed by atoms with van der Waals surface area (Å²) in [7, 11) is 1.88. The number of hydrogen-bond acceptors (Lipinski definition) is 6. The minimum atomic E-state index is -1.49. The van der Waals surface area contributed by atoms with Gasteiger partial charge in [0.2, 0.25) is 5.78 Å². The maximum absolute atomic E-state index is 13.7. The Bertz CT molecular complexity index is 1820. The number of ketones is 3. The Morgan fingerprint density at radius 3 is 2.14 bits per heavy atom. The summed E-state index contributed by atoms with van der Waals surface area (Å²) in [5, 5.41) is 11.6. The number of anilines is 2. The van der Waals surface area contributed by atoms with E-state index in [1.165, 1.54) is 12.1 Å². The Balaban J connectivity index is 1.30. The van der Waals surface area contributed by atoms with Crippen LogP contribution in [0.5, 0.6) is 0 Å². The molecule has 1 aliphatic rings. The molecule has 1 heterocycles. The van der Waals surface area contributed by atoms with Gasteiger partial charge in [0.1, 0.15) is 11.8 Å². The summed E-state index contributed by atoms with van der Waals surface area (Å²) in [4.78, 5) is 47.3. The SMILES string of the molecule is CN(c1ccc(Cl)cc1)c1ccc(C(=O)c2ccc(C(=O)C3CC3c3ccccc3)c(C(=O)C(O)c3ccccc3)c2)nc1. The van der Waals surface area contributed by atoms with E-state index in [1.54, 1.807) is 66.9 Å². The lowest BCUT2D eigenvalue weighted by Crippen LogP contribution is -2.19. The molecule has 1 aromatic heterocycles. The van der Waals surface area contributed by atoms with Crippen LogP contribution in [0, 0.1) is 5.92 Å². The van der Waals surface area contributed by atoms with E-state index in [0.29, 0.717) is 17.0 Å². The molecule has 218 valence electrons. The molecular formula is C37H29ClN2O4. The maximum Gasteiger partial charge on any atom is 0.211 e. The van der Waals surface area contributed by atoms with Crippen LogP contribution in [-0.4, -0.2) is 34.5 Å². The zero-order chi connectivity index (χ0) is 30.8. The molecule has 3 unspecified atom stereocenters. The summed E-state index contributed by atoms with van der Waals surface area (Å²) in [5.41, 5.74) is 3.77. The highest BCUT2D eigenvalue weighted by Crippen LogP contribution is 2.49. The molecule has 1 N–H and O–H groups in total. The van der Waals surface area contributed by atoms with Crippen molar-refractivity contribution < 1.29 is 19.5 Å². The van der Waals surface area contributed by atoms with Crippen LogP contribution in [0.4, 0.5) is 11.4 Å². The average Bonchev–Trinajstić information content (AvgIpc) is 3.89. The van der Waals surface area contributed by atoms with Gasteiger partial charge in [-0.15, -0.1) is 0 Å². The molecule has 5 aromatic rings. The number of nitrogens with zero attached hydrogens (tertiary/aromatic N) is 2. The van der Waals surface area contributed by atoms with E-state index in [0.717, 1.165) is 16.9 Å². The lowest BCUT2D eigenvalue weighted by atomic mass is 9.90. The Kier molecular flexibility index (Phi) is 8.20. The van der Waals surface area contributed by atoms with Crippen molar-refractivity contribution in [3.05, 3.63) is 160 Å². The third-order valence-corrected chi connectivity index (χ3v) is 8.36. The minimum Gasteiger partial charge on any atom is -0.380 e. The number of aromatic nitrogens is 1. The predicted octanol–water partition coefficient (Wildman–Crippen LogP) is 7.64. The fraction of sp³-hybridized carbons (Fsp3) is 0.135. The number of benzene rings is 4. The van der Waals surface area contributed by atoms with Crippen LogP contribution in [0.3, 0.4) is 0 Å². The van der Waals surface area contributed by atoms with E-state index in [4.69, 9.17) is 11.6 Å². The average molecular weight is 601 g/mol. The number of carbonyl (C=O) groups excluding carboxylic acids is 3. The summed E-state index contributed by atoms with van der Waals surface area (Å²) in [6.45, 7) is 0. The second-order valence-corrected chi connectivity index (χ2v) is 11.4. The van der Waals surface area contributed by atoms with Crippen molar-refractivity contribution in [3.8, 4) is 0 Å². The molecule has 0 bridgehead atoms. The van der Waals surface area contributed by atoms with Gasteiger partial charge in [-0.25, -0.2) is 0 Å². The first kappa shape index (κ1) is 29.2. The Morgan fingerprint density at radius 1 is 0.818 bits per heavy atom. The fourth-order valence-corrected chi connectivity index (χ4v) is 5.60. The quantitative estimate of drug-likeness (QED) is 0.166. The van der Waals surface area contributed by atoms with Crippen molar-refractivity contribution in [3.63, 3.8) is 0 Å². The van der Waals surface area contributed by atoms with Gasteiger partial charge in [-0.1, -0.05) is 78.3 Å². The standard InChI is InChI=1S/C37H29ClN2O4/c1-40(27-15-13-26(38)14-16-27)28-17-19-33(39-22-28)34(41)25-12-18-29(36(43)32-21-30(32)23-8-4-2-5-9-23)31(20-25)37(44)35(42)24-10-6-3-7-11-24/h2-20,22,30,32,35,42H,21H2,1H3. The highest BCUT2D eigenvalue weighted by Gasteiger charge is 2.45. The molecule has 0 radical (unpaired) electrons. The lowest BCUT2D eigenvalue weighted by Gasteiger charge is -2.19. The summed E-state index contributed by atoms with van der Waals surface area (Å²) in [6.07, 6.45) is 0.791. The van der Waals surface area contributed by atoms with Gasteiger partial charge in [-0.2, -0.15) is 0 Å². The van der Waals surface area contributed by atoms with Crippen LogP contribution in [0.25, 0.3) is 0 Å². The third-order valence-electron chi connectivity index (χ3n) is 8.11. The summed E-state index contributed by atoms with van der Waals surface area (Å²) in [6, 6.07) is 33.6. The van der Waals surface area contributed by atoms with E-state index in [9.17, 15) is 19.5 Å². The molecule has 44 heavy (non-hydrogen) atoms. The Labute approximate surface area is 260 Å². The van der Waals surface area contributed by atoms with E-state index in [-0.39, 0.29) is 40.0 Å². The highest BCUT2D eigenvalue weighted by molar-refractivity contribution is 6.30. The molecule has 7 heteroatoms. The molecule has 1 aliphatic carbocycles. The number of hydrogen-bond donors (Lipinski definition) is 1. The van der Waals surface area contributed by atoms with Gasteiger partial charge < -0.3 is 10.0 Å². The molecule has 0 aliphatic heterocycles. The first-order chi connectivity index (χ1) is 21.3. The predicted molar refractivity (Wildman–Crippen MR) is 171 cm³/mol. The number of aliphatic hydroxyl groups excluding tert-OH is 1. The molecular weight excluding hydrogens is 572 g/mol. The van der Waals surface area contributed by atoms with E-state index in [2.05, 4.69) is 4.98 Å². The van der Waals surface area contributed by atoms with E-state index >= 15 is 0 Å².